The van der Waals surface area contributed by atoms with Gasteiger partial charge in [-0.2, -0.15) is 5.10 Å². The molecule has 7 heteroatoms. The highest BCUT2D eigenvalue weighted by Crippen LogP contribution is 2.37. The Morgan fingerprint density at radius 3 is 2.23 bits per heavy atom. The molecule has 0 N–H and O–H groups in total. The minimum Gasteiger partial charge on any atom is -0.444 e. The summed E-state index contributed by atoms with van der Waals surface area (Å²) in [7, 11) is 0. The van der Waals surface area contributed by atoms with Crippen LogP contribution in [0.4, 0.5) is 4.79 Å². The number of rotatable bonds is 3. The molecule has 1 aliphatic heterocycles. The summed E-state index contributed by atoms with van der Waals surface area (Å²) >= 11 is 12.7. The largest absolute Gasteiger partial charge is 0.444 e. The molecule has 4 rings (SSSR count). The Labute approximate surface area is 219 Å². The van der Waals surface area contributed by atoms with Crippen LogP contribution in [0.25, 0.3) is 16.9 Å². The van der Waals surface area contributed by atoms with Crippen molar-refractivity contribution in [2.24, 2.45) is 0 Å². The number of halogens is 2. The smallest absolute Gasteiger partial charge is 0.410 e. The molecular formula is C28H35Cl2N3O2. The predicted molar refractivity (Wildman–Crippen MR) is 145 cm³/mol. The average molecular weight is 517 g/mol. The van der Waals surface area contributed by atoms with Gasteiger partial charge in [-0.15, -0.1) is 0 Å². The third kappa shape index (κ3) is 6.39. The minimum absolute atomic E-state index is 0.249. The third-order valence-corrected chi connectivity index (χ3v) is 6.42. The number of piperidine rings is 1. The second-order valence-corrected chi connectivity index (χ2v) is 10.3. The number of nitrogens with zero attached hydrogens (tertiary/aromatic N) is 3. The molecule has 2 aromatic carbocycles. The van der Waals surface area contributed by atoms with Crippen LogP contribution in [0.3, 0.4) is 0 Å². The second kappa shape index (κ2) is 11.5. The van der Waals surface area contributed by atoms with Gasteiger partial charge in [0.1, 0.15) is 5.60 Å². The Balaban J connectivity index is 0.00000167. The van der Waals surface area contributed by atoms with Crippen LogP contribution in [0.1, 0.15) is 64.6 Å². The first-order valence-electron chi connectivity index (χ1n) is 12.2. The Kier molecular flexibility index (Phi) is 8.89. The van der Waals surface area contributed by atoms with E-state index in [0.29, 0.717) is 23.1 Å². The van der Waals surface area contributed by atoms with Gasteiger partial charge in [-0.3, -0.25) is 0 Å². The summed E-state index contributed by atoms with van der Waals surface area (Å²) in [5.74, 6) is 0.249. The molecule has 188 valence electrons. The van der Waals surface area contributed by atoms with Gasteiger partial charge in [0.15, 0.2) is 0 Å². The number of carbonyl (C=O) groups is 1. The molecular weight excluding hydrogens is 481 g/mol. The van der Waals surface area contributed by atoms with Crippen molar-refractivity contribution < 1.29 is 9.53 Å². The standard InChI is InChI=1S/C26H29Cl2N3O2.C2H6/c1-17-23(18-12-14-30(15-13-18)25(32)33-26(2,3)4)29-31(22-11-10-20(27)16-21(22)28)24(17)19-8-6-5-7-9-19;1-2/h5-11,16,18H,12-15H2,1-4H3;1-2H3. The maximum Gasteiger partial charge on any atom is 0.410 e. The number of amides is 1. The lowest BCUT2D eigenvalue weighted by Gasteiger charge is -2.33. The molecule has 35 heavy (non-hydrogen) atoms. The van der Waals surface area contributed by atoms with Gasteiger partial charge in [-0.25, -0.2) is 9.48 Å². The molecule has 0 atom stereocenters. The normalized spacial score (nSPS) is 14.3. The fourth-order valence-electron chi connectivity index (χ4n) is 4.32. The number of benzene rings is 2. The molecule has 1 aromatic heterocycles. The number of carbonyl (C=O) groups excluding carboxylic acids is 1. The maximum atomic E-state index is 12.5. The maximum absolute atomic E-state index is 12.5. The van der Waals surface area contributed by atoms with Gasteiger partial charge >= 0.3 is 6.09 Å². The Morgan fingerprint density at radius 1 is 1.03 bits per heavy atom. The number of likely N-dealkylation sites (tertiary alicyclic amines) is 1. The van der Waals surface area contributed by atoms with Crippen molar-refractivity contribution in [2.45, 2.75) is 65.9 Å². The van der Waals surface area contributed by atoms with Crippen LogP contribution in [-0.4, -0.2) is 39.5 Å². The first-order chi connectivity index (χ1) is 16.6. The summed E-state index contributed by atoms with van der Waals surface area (Å²) in [4.78, 5) is 14.3. The number of hydrogen-bond acceptors (Lipinski definition) is 3. The summed E-state index contributed by atoms with van der Waals surface area (Å²) in [6.45, 7) is 13.1. The fraction of sp³-hybridized carbons (Fsp3) is 0.429. The van der Waals surface area contributed by atoms with Crippen LogP contribution in [0.5, 0.6) is 0 Å². The van der Waals surface area contributed by atoms with E-state index in [1.807, 2.05) is 69.6 Å². The SMILES string of the molecule is CC.Cc1c(C2CCN(C(=O)OC(C)(C)C)CC2)nn(-c2ccc(Cl)cc2Cl)c1-c1ccccc1. The van der Waals surface area contributed by atoms with Gasteiger partial charge in [-0.05, 0) is 64.3 Å². The first kappa shape index (κ1) is 27.1. The molecule has 1 amide bonds. The van der Waals surface area contributed by atoms with Gasteiger partial charge in [0.05, 0.1) is 22.1 Å². The van der Waals surface area contributed by atoms with Gasteiger partial charge in [0.2, 0.25) is 0 Å². The fourth-order valence-corrected chi connectivity index (χ4v) is 4.81. The molecule has 1 aliphatic rings. The minimum atomic E-state index is -0.494. The Hall–Kier alpha value is -2.50. The predicted octanol–water partition coefficient (Wildman–Crippen LogP) is 8.30. The van der Waals surface area contributed by atoms with Gasteiger partial charge in [-0.1, -0.05) is 67.4 Å². The highest BCUT2D eigenvalue weighted by atomic mass is 35.5. The molecule has 1 fully saturated rings. The van der Waals surface area contributed by atoms with Crippen molar-refractivity contribution in [3.05, 3.63) is 69.8 Å². The molecule has 0 aliphatic carbocycles. The van der Waals surface area contributed by atoms with Crippen molar-refractivity contribution in [1.82, 2.24) is 14.7 Å². The van der Waals surface area contributed by atoms with Crippen LogP contribution >= 0.6 is 23.2 Å². The molecule has 0 bridgehead atoms. The van der Waals surface area contributed by atoms with E-state index in [0.717, 1.165) is 41.0 Å². The van der Waals surface area contributed by atoms with E-state index in [9.17, 15) is 4.79 Å². The van der Waals surface area contributed by atoms with Crippen molar-refractivity contribution in [3.8, 4) is 16.9 Å². The van der Waals surface area contributed by atoms with E-state index < -0.39 is 5.60 Å². The van der Waals surface area contributed by atoms with E-state index in [2.05, 4.69) is 19.1 Å². The van der Waals surface area contributed by atoms with E-state index in [-0.39, 0.29) is 12.0 Å². The lowest BCUT2D eigenvalue weighted by Crippen LogP contribution is -2.41. The molecule has 3 aromatic rings. The highest BCUT2D eigenvalue weighted by molar-refractivity contribution is 6.35. The summed E-state index contributed by atoms with van der Waals surface area (Å²) in [6.07, 6.45) is 1.42. The number of ether oxygens (including phenoxy) is 1. The monoisotopic (exact) mass is 515 g/mol. The average Bonchev–Trinajstić information content (AvgIpc) is 3.16. The van der Waals surface area contributed by atoms with Crippen LogP contribution in [0.2, 0.25) is 10.0 Å². The topological polar surface area (TPSA) is 47.4 Å². The molecule has 0 unspecified atom stereocenters. The number of hydrogen-bond donors (Lipinski definition) is 0. The van der Waals surface area contributed by atoms with Crippen molar-refractivity contribution in [2.75, 3.05) is 13.1 Å². The highest BCUT2D eigenvalue weighted by Gasteiger charge is 2.31. The van der Waals surface area contributed by atoms with Gasteiger partial charge in [0.25, 0.3) is 0 Å². The van der Waals surface area contributed by atoms with Crippen molar-refractivity contribution in [1.29, 1.82) is 0 Å². The van der Waals surface area contributed by atoms with Crippen LogP contribution in [-0.2, 0) is 4.74 Å². The summed E-state index contributed by atoms with van der Waals surface area (Å²) < 4.78 is 7.47. The third-order valence-electron chi connectivity index (χ3n) is 5.88. The summed E-state index contributed by atoms with van der Waals surface area (Å²) in [6, 6.07) is 15.7. The zero-order valence-corrected chi connectivity index (χ0v) is 23.0. The van der Waals surface area contributed by atoms with Gasteiger partial charge in [0, 0.05) is 29.6 Å². The van der Waals surface area contributed by atoms with E-state index in [4.69, 9.17) is 33.0 Å². The Bertz CT molecular complexity index is 1140. The molecule has 0 saturated carbocycles. The van der Waals surface area contributed by atoms with Crippen molar-refractivity contribution >= 4 is 29.3 Å². The van der Waals surface area contributed by atoms with E-state index >= 15 is 0 Å². The zero-order chi connectivity index (χ0) is 25.8. The van der Waals surface area contributed by atoms with Crippen LogP contribution in [0, 0.1) is 6.92 Å². The Morgan fingerprint density at radius 2 is 1.66 bits per heavy atom. The molecule has 5 nitrogen and oxygen atoms in total. The quantitative estimate of drug-likeness (QED) is 0.352. The summed E-state index contributed by atoms with van der Waals surface area (Å²) in [5.41, 5.74) is 4.56. The van der Waals surface area contributed by atoms with Crippen LogP contribution in [0.15, 0.2) is 48.5 Å². The molecule has 1 saturated heterocycles. The van der Waals surface area contributed by atoms with E-state index in [1.54, 1.807) is 11.0 Å². The second-order valence-electron chi connectivity index (χ2n) is 9.47. The first-order valence-corrected chi connectivity index (χ1v) is 13.0. The molecule has 2 heterocycles. The number of aromatic nitrogens is 2. The van der Waals surface area contributed by atoms with Gasteiger partial charge < -0.3 is 9.64 Å². The lowest BCUT2D eigenvalue weighted by atomic mass is 9.90. The lowest BCUT2D eigenvalue weighted by molar-refractivity contribution is 0.0204. The zero-order valence-electron chi connectivity index (χ0n) is 21.4. The summed E-state index contributed by atoms with van der Waals surface area (Å²) in [5, 5.41) is 6.19. The van der Waals surface area contributed by atoms with Crippen LogP contribution < -0.4 is 0 Å². The van der Waals surface area contributed by atoms with E-state index in [1.165, 1.54) is 0 Å². The molecule has 0 spiro atoms. The van der Waals surface area contributed by atoms with Crippen molar-refractivity contribution in [3.63, 3.8) is 0 Å². The molecule has 0 radical (unpaired) electrons.